The molecule has 2 rings (SSSR count). The van der Waals surface area contributed by atoms with Crippen LogP contribution in [0.4, 0.5) is 5.69 Å². The number of carbonyl (C=O) groups is 1. The molecule has 1 amide bonds. The number of rotatable bonds is 3. The maximum Gasteiger partial charge on any atom is 0.248 e. The summed E-state index contributed by atoms with van der Waals surface area (Å²) in [7, 11) is 0. The smallest absolute Gasteiger partial charge is 0.248 e. The van der Waals surface area contributed by atoms with Gasteiger partial charge in [-0.15, -0.1) is 0 Å². The third kappa shape index (κ3) is 4.10. The number of halogens is 2. The summed E-state index contributed by atoms with van der Waals surface area (Å²) in [6.45, 7) is 3.92. The lowest BCUT2D eigenvalue weighted by atomic mass is 10.1. The molecule has 0 fully saturated rings. The van der Waals surface area contributed by atoms with E-state index < -0.39 is 0 Å². The van der Waals surface area contributed by atoms with Crippen LogP contribution in [-0.2, 0) is 4.79 Å². The molecule has 0 heterocycles. The van der Waals surface area contributed by atoms with Gasteiger partial charge in [0.25, 0.3) is 0 Å². The van der Waals surface area contributed by atoms with Crippen LogP contribution in [-0.4, -0.2) is 5.91 Å². The minimum atomic E-state index is -0.196. The van der Waals surface area contributed by atoms with E-state index in [1.165, 1.54) is 6.08 Å². The third-order valence-corrected chi connectivity index (χ3v) is 3.67. The van der Waals surface area contributed by atoms with Crippen molar-refractivity contribution in [2.45, 2.75) is 13.8 Å². The highest BCUT2D eigenvalue weighted by atomic mass is 35.5. The first-order valence-electron chi connectivity index (χ1n) is 6.47. The SMILES string of the molecule is Cc1cccc(C)c1NC(=O)/C=C/c1ccc(Cl)cc1Cl. The van der Waals surface area contributed by atoms with E-state index in [0.717, 1.165) is 22.4 Å². The average molecular weight is 320 g/mol. The number of hydrogen-bond donors (Lipinski definition) is 1. The largest absolute Gasteiger partial charge is 0.322 e. The zero-order valence-electron chi connectivity index (χ0n) is 11.8. The van der Waals surface area contributed by atoms with E-state index in [-0.39, 0.29) is 5.91 Å². The molecule has 0 spiro atoms. The summed E-state index contributed by atoms with van der Waals surface area (Å²) in [4.78, 5) is 12.0. The molecule has 2 nitrogen and oxygen atoms in total. The zero-order valence-corrected chi connectivity index (χ0v) is 13.3. The van der Waals surface area contributed by atoms with Gasteiger partial charge in [-0.25, -0.2) is 0 Å². The number of carbonyl (C=O) groups excluding carboxylic acids is 1. The fourth-order valence-electron chi connectivity index (χ4n) is 1.98. The van der Waals surface area contributed by atoms with Crippen LogP contribution in [0.3, 0.4) is 0 Å². The van der Waals surface area contributed by atoms with Crippen molar-refractivity contribution >= 4 is 40.9 Å². The van der Waals surface area contributed by atoms with Crippen molar-refractivity contribution in [1.82, 2.24) is 0 Å². The summed E-state index contributed by atoms with van der Waals surface area (Å²) in [5, 5.41) is 3.96. The Morgan fingerprint density at radius 2 is 1.76 bits per heavy atom. The Kier molecular flexibility index (Phi) is 5.05. The first-order valence-corrected chi connectivity index (χ1v) is 7.23. The number of anilines is 1. The molecule has 0 saturated heterocycles. The van der Waals surface area contributed by atoms with Crippen LogP contribution in [0.2, 0.25) is 10.0 Å². The lowest BCUT2D eigenvalue weighted by Gasteiger charge is -2.09. The molecule has 1 N–H and O–H groups in total. The Morgan fingerprint density at radius 3 is 2.38 bits per heavy atom. The van der Waals surface area contributed by atoms with Crippen LogP contribution in [0.25, 0.3) is 6.08 Å². The van der Waals surface area contributed by atoms with Crippen molar-refractivity contribution in [3.8, 4) is 0 Å². The summed E-state index contributed by atoms with van der Waals surface area (Å²) in [6, 6.07) is 11.0. The second-order valence-electron chi connectivity index (χ2n) is 4.76. The number of aryl methyl sites for hydroxylation is 2. The van der Waals surface area contributed by atoms with Gasteiger partial charge in [0.05, 0.1) is 0 Å². The molecule has 0 aliphatic carbocycles. The molecule has 0 aromatic heterocycles. The molecule has 0 aliphatic rings. The lowest BCUT2D eigenvalue weighted by molar-refractivity contribution is -0.111. The van der Waals surface area contributed by atoms with Crippen molar-refractivity contribution in [2.75, 3.05) is 5.32 Å². The highest BCUT2D eigenvalue weighted by Crippen LogP contribution is 2.22. The van der Waals surface area contributed by atoms with Crippen molar-refractivity contribution in [2.24, 2.45) is 0 Å². The van der Waals surface area contributed by atoms with Crippen LogP contribution in [0.5, 0.6) is 0 Å². The molecule has 108 valence electrons. The minimum absolute atomic E-state index is 0.196. The Labute approximate surface area is 134 Å². The first kappa shape index (κ1) is 15.6. The normalized spacial score (nSPS) is 10.9. The predicted octanol–water partition coefficient (Wildman–Crippen LogP) is 5.26. The molecule has 0 radical (unpaired) electrons. The monoisotopic (exact) mass is 319 g/mol. The summed E-state index contributed by atoms with van der Waals surface area (Å²) < 4.78 is 0. The predicted molar refractivity (Wildman–Crippen MR) is 90.0 cm³/mol. The number of amides is 1. The van der Waals surface area contributed by atoms with Gasteiger partial charge in [-0.1, -0.05) is 47.5 Å². The van der Waals surface area contributed by atoms with E-state index in [1.54, 1.807) is 24.3 Å². The van der Waals surface area contributed by atoms with Gasteiger partial charge in [0.1, 0.15) is 0 Å². The number of para-hydroxylation sites is 1. The Morgan fingerprint density at radius 1 is 1.10 bits per heavy atom. The number of benzene rings is 2. The van der Waals surface area contributed by atoms with E-state index >= 15 is 0 Å². The van der Waals surface area contributed by atoms with E-state index in [1.807, 2.05) is 32.0 Å². The third-order valence-electron chi connectivity index (χ3n) is 3.11. The molecule has 21 heavy (non-hydrogen) atoms. The van der Waals surface area contributed by atoms with Crippen molar-refractivity contribution < 1.29 is 4.79 Å². The molecule has 0 atom stereocenters. The summed E-state index contributed by atoms with van der Waals surface area (Å²) in [5.74, 6) is -0.196. The van der Waals surface area contributed by atoms with Gasteiger partial charge in [0, 0.05) is 21.8 Å². The molecule has 0 aliphatic heterocycles. The van der Waals surface area contributed by atoms with Crippen LogP contribution < -0.4 is 5.32 Å². The molecule has 0 unspecified atom stereocenters. The van der Waals surface area contributed by atoms with E-state index in [4.69, 9.17) is 23.2 Å². The van der Waals surface area contributed by atoms with Crippen LogP contribution in [0.1, 0.15) is 16.7 Å². The molecule has 2 aromatic rings. The average Bonchev–Trinajstić information content (AvgIpc) is 2.42. The molecular weight excluding hydrogens is 305 g/mol. The highest BCUT2D eigenvalue weighted by Gasteiger charge is 2.05. The summed E-state index contributed by atoms with van der Waals surface area (Å²) in [5.41, 5.74) is 3.65. The van der Waals surface area contributed by atoms with Gasteiger partial charge in [-0.05, 0) is 48.7 Å². The Bertz CT molecular complexity index is 688. The zero-order chi connectivity index (χ0) is 15.4. The minimum Gasteiger partial charge on any atom is -0.322 e. The van der Waals surface area contributed by atoms with Gasteiger partial charge < -0.3 is 5.32 Å². The fraction of sp³-hybridized carbons (Fsp3) is 0.118. The van der Waals surface area contributed by atoms with Crippen LogP contribution in [0.15, 0.2) is 42.5 Å². The molecular formula is C17H15Cl2NO. The summed E-state index contributed by atoms with van der Waals surface area (Å²) >= 11 is 11.9. The Hall–Kier alpha value is -1.77. The number of hydrogen-bond acceptors (Lipinski definition) is 1. The maximum atomic E-state index is 12.0. The van der Waals surface area contributed by atoms with Crippen molar-refractivity contribution in [3.63, 3.8) is 0 Å². The van der Waals surface area contributed by atoms with Crippen LogP contribution >= 0.6 is 23.2 Å². The quantitative estimate of drug-likeness (QED) is 0.768. The highest BCUT2D eigenvalue weighted by molar-refractivity contribution is 6.35. The molecule has 0 bridgehead atoms. The van der Waals surface area contributed by atoms with Crippen molar-refractivity contribution in [1.29, 1.82) is 0 Å². The molecule has 4 heteroatoms. The fourth-order valence-corrected chi connectivity index (χ4v) is 2.45. The van der Waals surface area contributed by atoms with Gasteiger partial charge in [-0.3, -0.25) is 4.79 Å². The first-order chi connectivity index (χ1) is 9.97. The maximum absolute atomic E-state index is 12.0. The van der Waals surface area contributed by atoms with E-state index in [0.29, 0.717) is 10.0 Å². The number of nitrogens with one attached hydrogen (secondary N) is 1. The Balaban J connectivity index is 2.13. The van der Waals surface area contributed by atoms with Gasteiger partial charge in [0.15, 0.2) is 0 Å². The van der Waals surface area contributed by atoms with Gasteiger partial charge in [-0.2, -0.15) is 0 Å². The van der Waals surface area contributed by atoms with Crippen LogP contribution in [0, 0.1) is 13.8 Å². The topological polar surface area (TPSA) is 29.1 Å². The lowest BCUT2D eigenvalue weighted by Crippen LogP contribution is -2.10. The molecule has 2 aromatic carbocycles. The van der Waals surface area contributed by atoms with E-state index in [9.17, 15) is 4.79 Å². The summed E-state index contributed by atoms with van der Waals surface area (Å²) in [6.07, 6.45) is 3.13. The second kappa shape index (κ2) is 6.79. The van der Waals surface area contributed by atoms with Gasteiger partial charge in [0.2, 0.25) is 5.91 Å². The van der Waals surface area contributed by atoms with Gasteiger partial charge >= 0.3 is 0 Å². The van der Waals surface area contributed by atoms with E-state index in [2.05, 4.69) is 5.32 Å². The molecule has 0 saturated carbocycles. The van der Waals surface area contributed by atoms with Crippen molar-refractivity contribution in [3.05, 3.63) is 69.2 Å². The standard InChI is InChI=1S/C17H15Cl2NO/c1-11-4-3-5-12(2)17(11)20-16(21)9-7-13-6-8-14(18)10-15(13)19/h3-10H,1-2H3,(H,20,21)/b9-7+. The second-order valence-corrected chi connectivity index (χ2v) is 5.60.